The zero-order valence-electron chi connectivity index (χ0n) is 9.26. The molecule has 0 spiro atoms. The lowest BCUT2D eigenvalue weighted by molar-refractivity contribution is 0.308. The normalized spacial score (nSPS) is 36.1. The fourth-order valence-corrected chi connectivity index (χ4v) is 4.43. The van der Waals surface area contributed by atoms with Crippen LogP contribution in [-0.4, -0.2) is 5.33 Å². The summed E-state index contributed by atoms with van der Waals surface area (Å²) in [6.07, 6.45) is 5.60. The lowest BCUT2D eigenvalue weighted by Gasteiger charge is -2.29. The molecular weight excluding hydrogens is 328 g/mol. The SMILES string of the molecule is BrCC1(Cc2ccccc2Br)CC2CC2C1. The average Bonchev–Trinajstić information content (AvgIpc) is 2.91. The molecule has 16 heavy (non-hydrogen) atoms. The van der Waals surface area contributed by atoms with Gasteiger partial charge in [0, 0.05) is 9.80 Å². The highest BCUT2D eigenvalue weighted by Crippen LogP contribution is 2.61. The molecule has 0 aliphatic heterocycles. The molecule has 2 aliphatic rings. The summed E-state index contributed by atoms with van der Waals surface area (Å²) in [6, 6.07) is 8.67. The van der Waals surface area contributed by atoms with Gasteiger partial charge in [0.2, 0.25) is 0 Å². The van der Waals surface area contributed by atoms with E-state index in [0.29, 0.717) is 5.41 Å². The molecule has 0 aromatic heterocycles. The first-order valence-corrected chi connectivity index (χ1v) is 7.93. The second-order valence-electron chi connectivity index (χ2n) is 5.57. The van der Waals surface area contributed by atoms with Gasteiger partial charge in [-0.1, -0.05) is 50.1 Å². The van der Waals surface area contributed by atoms with Crippen molar-refractivity contribution in [1.82, 2.24) is 0 Å². The van der Waals surface area contributed by atoms with Crippen molar-refractivity contribution < 1.29 is 0 Å². The van der Waals surface area contributed by atoms with Crippen LogP contribution in [0.4, 0.5) is 0 Å². The van der Waals surface area contributed by atoms with Crippen molar-refractivity contribution in [3.8, 4) is 0 Å². The first-order valence-electron chi connectivity index (χ1n) is 6.02. The van der Waals surface area contributed by atoms with Crippen LogP contribution < -0.4 is 0 Å². The quantitative estimate of drug-likeness (QED) is 0.691. The second-order valence-corrected chi connectivity index (χ2v) is 6.98. The molecule has 2 fully saturated rings. The van der Waals surface area contributed by atoms with Crippen LogP contribution in [0.15, 0.2) is 28.7 Å². The first-order chi connectivity index (χ1) is 7.72. The zero-order valence-corrected chi connectivity index (χ0v) is 12.4. The Morgan fingerprint density at radius 1 is 1.19 bits per heavy atom. The van der Waals surface area contributed by atoms with Gasteiger partial charge < -0.3 is 0 Å². The van der Waals surface area contributed by atoms with Gasteiger partial charge in [-0.05, 0) is 54.6 Å². The molecule has 1 aromatic carbocycles. The molecule has 0 nitrogen and oxygen atoms in total. The minimum atomic E-state index is 0.539. The predicted molar refractivity (Wildman–Crippen MR) is 74.9 cm³/mol. The molecule has 2 saturated carbocycles. The number of benzene rings is 1. The number of rotatable bonds is 3. The molecule has 2 heteroatoms. The zero-order chi connectivity index (χ0) is 11.2. The third-order valence-electron chi connectivity index (χ3n) is 4.27. The summed E-state index contributed by atoms with van der Waals surface area (Å²) in [4.78, 5) is 0. The van der Waals surface area contributed by atoms with Gasteiger partial charge in [-0.15, -0.1) is 0 Å². The molecule has 0 radical (unpaired) electrons. The Morgan fingerprint density at radius 2 is 1.88 bits per heavy atom. The van der Waals surface area contributed by atoms with E-state index in [2.05, 4.69) is 56.1 Å². The van der Waals surface area contributed by atoms with Gasteiger partial charge in [-0.2, -0.15) is 0 Å². The maximum absolute atomic E-state index is 3.75. The van der Waals surface area contributed by atoms with Gasteiger partial charge in [0.15, 0.2) is 0 Å². The van der Waals surface area contributed by atoms with Gasteiger partial charge in [0.25, 0.3) is 0 Å². The number of fused-ring (bicyclic) bond motifs is 1. The molecule has 1 aromatic rings. The molecule has 0 heterocycles. The Kier molecular flexibility index (Phi) is 2.91. The standard InChI is InChI=1S/C14H16Br2/c15-9-14(7-11-5-12(11)8-14)6-10-3-1-2-4-13(10)16/h1-4,11-12H,5-9H2. The van der Waals surface area contributed by atoms with E-state index in [-0.39, 0.29) is 0 Å². The summed E-state index contributed by atoms with van der Waals surface area (Å²) in [7, 11) is 0. The average molecular weight is 344 g/mol. The van der Waals surface area contributed by atoms with E-state index >= 15 is 0 Å². The smallest absolute Gasteiger partial charge is 0.0207 e. The summed E-state index contributed by atoms with van der Waals surface area (Å²) < 4.78 is 1.27. The summed E-state index contributed by atoms with van der Waals surface area (Å²) >= 11 is 7.42. The fourth-order valence-electron chi connectivity index (χ4n) is 3.35. The van der Waals surface area contributed by atoms with E-state index < -0.39 is 0 Å². The third kappa shape index (κ3) is 1.99. The van der Waals surface area contributed by atoms with E-state index in [9.17, 15) is 0 Å². The minimum absolute atomic E-state index is 0.539. The van der Waals surface area contributed by atoms with E-state index in [1.807, 2.05) is 0 Å². The van der Waals surface area contributed by atoms with Gasteiger partial charge >= 0.3 is 0 Å². The van der Waals surface area contributed by atoms with Crippen molar-refractivity contribution in [2.75, 3.05) is 5.33 Å². The van der Waals surface area contributed by atoms with Crippen molar-refractivity contribution in [1.29, 1.82) is 0 Å². The molecular formula is C14H16Br2. The molecule has 2 atom stereocenters. The van der Waals surface area contributed by atoms with Crippen molar-refractivity contribution in [3.63, 3.8) is 0 Å². The van der Waals surface area contributed by atoms with E-state index in [1.54, 1.807) is 0 Å². The number of hydrogen-bond donors (Lipinski definition) is 0. The Balaban J connectivity index is 1.80. The largest absolute Gasteiger partial charge is 0.0922 e. The van der Waals surface area contributed by atoms with E-state index in [1.165, 1.54) is 35.7 Å². The van der Waals surface area contributed by atoms with Crippen molar-refractivity contribution >= 4 is 31.9 Å². The Bertz CT molecular complexity index is 389. The Labute approximate surface area is 114 Å². The summed E-state index contributed by atoms with van der Waals surface area (Å²) in [5.74, 6) is 2.11. The molecule has 86 valence electrons. The second kappa shape index (κ2) is 4.13. The molecule has 0 saturated heterocycles. The Hall–Kier alpha value is 0.180. The van der Waals surface area contributed by atoms with Crippen molar-refractivity contribution in [2.24, 2.45) is 17.3 Å². The molecule has 3 rings (SSSR count). The van der Waals surface area contributed by atoms with E-state index in [4.69, 9.17) is 0 Å². The van der Waals surface area contributed by atoms with Crippen LogP contribution in [-0.2, 0) is 6.42 Å². The highest BCUT2D eigenvalue weighted by molar-refractivity contribution is 9.10. The maximum Gasteiger partial charge on any atom is 0.0207 e. The third-order valence-corrected chi connectivity index (χ3v) is 6.23. The van der Waals surface area contributed by atoms with E-state index in [0.717, 1.165) is 17.2 Å². The van der Waals surface area contributed by atoms with Gasteiger partial charge in [-0.25, -0.2) is 0 Å². The van der Waals surface area contributed by atoms with Gasteiger partial charge in [-0.3, -0.25) is 0 Å². The number of hydrogen-bond acceptors (Lipinski definition) is 0. The predicted octanol–water partition coefficient (Wildman–Crippen LogP) is 4.80. The van der Waals surface area contributed by atoms with Crippen LogP contribution in [0.25, 0.3) is 0 Å². The molecule has 0 amide bonds. The summed E-state index contributed by atoms with van der Waals surface area (Å²) in [5, 5.41) is 1.16. The van der Waals surface area contributed by atoms with Gasteiger partial charge in [0.1, 0.15) is 0 Å². The van der Waals surface area contributed by atoms with Gasteiger partial charge in [0.05, 0.1) is 0 Å². The summed E-state index contributed by atoms with van der Waals surface area (Å²) in [6.45, 7) is 0. The summed E-state index contributed by atoms with van der Waals surface area (Å²) in [5.41, 5.74) is 2.01. The number of halogens is 2. The molecule has 0 N–H and O–H groups in total. The first kappa shape index (κ1) is 11.3. The highest BCUT2D eigenvalue weighted by Gasteiger charge is 2.53. The lowest BCUT2D eigenvalue weighted by Crippen LogP contribution is -2.23. The molecule has 2 aliphatic carbocycles. The topological polar surface area (TPSA) is 0 Å². The highest BCUT2D eigenvalue weighted by atomic mass is 79.9. The van der Waals surface area contributed by atoms with Crippen LogP contribution in [0, 0.1) is 17.3 Å². The van der Waals surface area contributed by atoms with Crippen LogP contribution in [0.2, 0.25) is 0 Å². The fraction of sp³-hybridized carbons (Fsp3) is 0.571. The van der Waals surface area contributed by atoms with Crippen LogP contribution in [0.3, 0.4) is 0 Å². The minimum Gasteiger partial charge on any atom is -0.0922 e. The lowest BCUT2D eigenvalue weighted by atomic mass is 9.79. The Morgan fingerprint density at radius 3 is 2.50 bits per heavy atom. The number of alkyl halides is 1. The monoisotopic (exact) mass is 342 g/mol. The van der Waals surface area contributed by atoms with Crippen LogP contribution >= 0.6 is 31.9 Å². The van der Waals surface area contributed by atoms with Crippen molar-refractivity contribution in [2.45, 2.75) is 25.7 Å². The maximum atomic E-state index is 3.75. The van der Waals surface area contributed by atoms with Crippen LogP contribution in [0.5, 0.6) is 0 Å². The van der Waals surface area contributed by atoms with Crippen molar-refractivity contribution in [3.05, 3.63) is 34.3 Å². The molecule has 2 unspecified atom stereocenters. The molecule has 0 bridgehead atoms. The van der Waals surface area contributed by atoms with Crippen LogP contribution in [0.1, 0.15) is 24.8 Å².